The van der Waals surface area contributed by atoms with Gasteiger partial charge in [0.1, 0.15) is 13.2 Å². The van der Waals surface area contributed by atoms with Crippen LogP contribution in [0.2, 0.25) is 5.02 Å². The minimum Gasteiger partial charge on any atom is -0.486 e. The van der Waals surface area contributed by atoms with Gasteiger partial charge in [0, 0.05) is 19.4 Å². The summed E-state index contributed by atoms with van der Waals surface area (Å²) >= 11 is 6.22. The maximum Gasteiger partial charge on any atom is 0.246 e. The van der Waals surface area contributed by atoms with Crippen LogP contribution in [0, 0.1) is 0 Å². The molecule has 0 saturated carbocycles. The summed E-state index contributed by atoms with van der Waals surface area (Å²) in [6.07, 6.45) is 4.29. The first-order valence-electron chi connectivity index (χ1n) is 9.01. The van der Waals surface area contributed by atoms with Gasteiger partial charge >= 0.3 is 0 Å². The molecule has 0 aromatic heterocycles. The summed E-state index contributed by atoms with van der Waals surface area (Å²) in [5.41, 5.74) is 1.56. The minimum absolute atomic E-state index is 0.198. The minimum atomic E-state index is -3.25. The Hall–Kier alpha value is -2.51. The van der Waals surface area contributed by atoms with E-state index in [1.165, 1.54) is 6.08 Å². The second-order valence-corrected chi connectivity index (χ2v) is 9.25. The summed E-state index contributed by atoms with van der Waals surface area (Å²) in [5.74, 6) is 0.879. The molecule has 6 nitrogen and oxygen atoms in total. The molecule has 0 spiro atoms. The fourth-order valence-corrected chi connectivity index (χ4v) is 3.82. The van der Waals surface area contributed by atoms with E-state index in [4.69, 9.17) is 21.1 Å². The number of carbonyl (C=O) groups excluding carboxylic acids is 1. The van der Waals surface area contributed by atoms with Crippen LogP contribution >= 0.6 is 11.6 Å². The number of hydrogen-bond acceptors (Lipinski definition) is 5. The lowest BCUT2D eigenvalue weighted by molar-refractivity contribution is -0.126. The highest BCUT2D eigenvalue weighted by molar-refractivity contribution is 7.90. The van der Waals surface area contributed by atoms with Crippen LogP contribution in [0.5, 0.6) is 11.5 Å². The zero-order chi connectivity index (χ0) is 21.2. The van der Waals surface area contributed by atoms with Crippen molar-refractivity contribution in [3.63, 3.8) is 0 Å². The molecule has 0 bridgehead atoms. The van der Waals surface area contributed by atoms with Crippen molar-refractivity contribution in [2.75, 3.05) is 26.5 Å². The Kier molecular flexibility index (Phi) is 6.19. The number of likely N-dealkylation sites (N-methyl/N-ethyl adjacent to an activating group) is 1. The average molecular weight is 436 g/mol. The average Bonchev–Trinajstić information content (AvgIpc) is 2.70. The Morgan fingerprint density at radius 3 is 2.48 bits per heavy atom. The monoisotopic (exact) mass is 435 g/mol. The maximum absolute atomic E-state index is 12.6. The van der Waals surface area contributed by atoms with E-state index in [1.54, 1.807) is 54.4 Å². The Balaban J connectivity index is 1.72. The zero-order valence-electron chi connectivity index (χ0n) is 16.4. The number of fused-ring (bicyclic) bond motifs is 1. The highest BCUT2D eigenvalue weighted by atomic mass is 35.5. The molecule has 2 aromatic carbocycles. The molecule has 8 heteroatoms. The summed E-state index contributed by atoms with van der Waals surface area (Å²) in [6, 6.07) is 9.79. The lowest BCUT2D eigenvalue weighted by atomic mass is 10.1. The van der Waals surface area contributed by atoms with Crippen LogP contribution in [0.1, 0.15) is 24.1 Å². The topological polar surface area (TPSA) is 72.9 Å². The third kappa shape index (κ3) is 4.92. The molecule has 0 radical (unpaired) electrons. The van der Waals surface area contributed by atoms with Gasteiger partial charge in [0.15, 0.2) is 21.3 Å². The van der Waals surface area contributed by atoms with Crippen LogP contribution in [0.4, 0.5) is 0 Å². The van der Waals surface area contributed by atoms with Gasteiger partial charge in [-0.3, -0.25) is 4.79 Å². The van der Waals surface area contributed by atoms with Gasteiger partial charge in [-0.2, -0.15) is 0 Å². The second kappa shape index (κ2) is 8.47. The lowest BCUT2D eigenvalue weighted by Gasteiger charge is -2.24. The standard InChI is InChI=1S/C21H22ClNO5S/c1-14(16-5-7-17(8-6-16)29(3,25)26)23(2)20(24)9-4-15-12-18(22)21-19(13-15)27-10-11-28-21/h4-9,12-14H,10-11H2,1-3H3. The normalized spacial score (nSPS) is 14.6. The van der Waals surface area contributed by atoms with Crippen LogP contribution in [0.3, 0.4) is 0 Å². The van der Waals surface area contributed by atoms with E-state index in [9.17, 15) is 13.2 Å². The van der Waals surface area contributed by atoms with Crippen molar-refractivity contribution in [3.05, 3.63) is 58.6 Å². The number of halogens is 1. The molecule has 0 saturated heterocycles. The van der Waals surface area contributed by atoms with E-state index in [-0.39, 0.29) is 16.8 Å². The van der Waals surface area contributed by atoms with Gasteiger partial charge in [0.25, 0.3) is 0 Å². The number of benzene rings is 2. The first kappa shape index (κ1) is 21.2. The summed E-state index contributed by atoms with van der Waals surface area (Å²) in [4.78, 5) is 14.4. The van der Waals surface area contributed by atoms with E-state index < -0.39 is 9.84 Å². The number of amides is 1. The molecule has 1 aliphatic rings. The number of ether oxygens (including phenoxy) is 2. The van der Waals surface area contributed by atoms with Gasteiger partial charge in [0.05, 0.1) is 16.0 Å². The van der Waals surface area contributed by atoms with E-state index in [0.29, 0.717) is 29.7 Å². The van der Waals surface area contributed by atoms with Gasteiger partial charge in [-0.1, -0.05) is 23.7 Å². The second-order valence-electron chi connectivity index (χ2n) is 6.83. The van der Waals surface area contributed by atoms with Gasteiger partial charge < -0.3 is 14.4 Å². The molecule has 154 valence electrons. The third-order valence-corrected chi connectivity index (χ3v) is 6.17. The zero-order valence-corrected chi connectivity index (χ0v) is 18.0. The third-order valence-electron chi connectivity index (χ3n) is 4.76. The van der Waals surface area contributed by atoms with Gasteiger partial charge in [-0.25, -0.2) is 8.42 Å². The number of sulfone groups is 1. The molecule has 1 amide bonds. The van der Waals surface area contributed by atoms with Crippen LogP contribution in [-0.2, 0) is 14.6 Å². The Morgan fingerprint density at radius 2 is 1.83 bits per heavy atom. The summed E-state index contributed by atoms with van der Waals surface area (Å²) < 4.78 is 34.2. The maximum atomic E-state index is 12.6. The van der Waals surface area contributed by atoms with Gasteiger partial charge in [0.2, 0.25) is 5.91 Å². The molecule has 0 N–H and O–H groups in total. The molecule has 1 aliphatic heterocycles. The van der Waals surface area contributed by atoms with Crippen LogP contribution in [0.15, 0.2) is 47.4 Å². The first-order valence-corrected chi connectivity index (χ1v) is 11.3. The van der Waals surface area contributed by atoms with Gasteiger partial charge in [-0.15, -0.1) is 0 Å². The quantitative estimate of drug-likeness (QED) is 0.669. The molecule has 1 atom stereocenters. The van der Waals surface area contributed by atoms with E-state index in [2.05, 4.69) is 0 Å². The summed E-state index contributed by atoms with van der Waals surface area (Å²) in [7, 11) is -1.56. The summed E-state index contributed by atoms with van der Waals surface area (Å²) in [5, 5.41) is 0.432. The number of carbonyl (C=O) groups is 1. The highest BCUT2D eigenvalue weighted by Crippen LogP contribution is 2.38. The first-order chi connectivity index (χ1) is 13.7. The van der Waals surface area contributed by atoms with Crippen molar-refractivity contribution < 1.29 is 22.7 Å². The van der Waals surface area contributed by atoms with Crippen molar-refractivity contribution in [2.24, 2.45) is 0 Å². The SMILES string of the molecule is CC(c1ccc(S(C)(=O)=O)cc1)N(C)C(=O)C=Cc1cc(Cl)c2c(c1)OCCO2. The van der Waals surface area contributed by atoms with Crippen molar-refractivity contribution in [3.8, 4) is 11.5 Å². The Labute approximate surface area is 175 Å². The molecule has 0 aliphatic carbocycles. The molecular weight excluding hydrogens is 414 g/mol. The van der Waals surface area contributed by atoms with Crippen LogP contribution in [-0.4, -0.2) is 45.7 Å². The van der Waals surface area contributed by atoms with E-state index in [0.717, 1.165) is 17.4 Å². The number of nitrogens with zero attached hydrogens (tertiary/aromatic N) is 1. The van der Waals surface area contributed by atoms with Crippen molar-refractivity contribution in [1.29, 1.82) is 0 Å². The largest absolute Gasteiger partial charge is 0.486 e. The molecule has 0 fully saturated rings. The molecule has 1 unspecified atom stereocenters. The molecule has 29 heavy (non-hydrogen) atoms. The molecule has 3 rings (SSSR count). The van der Waals surface area contributed by atoms with Crippen LogP contribution in [0.25, 0.3) is 6.08 Å². The predicted molar refractivity (Wildman–Crippen MR) is 112 cm³/mol. The molecule has 1 heterocycles. The smallest absolute Gasteiger partial charge is 0.246 e. The Bertz CT molecular complexity index is 1050. The van der Waals surface area contributed by atoms with Crippen molar-refractivity contribution >= 4 is 33.4 Å². The fourth-order valence-electron chi connectivity index (χ4n) is 2.92. The number of hydrogen-bond donors (Lipinski definition) is 0. The van der Waals surface area contributed by atoms with Crippen molar-refractivity contribution in [2.45, 2.75) is 17.9 Å². The number of rotatable bonds is 5. The van der Waals surface area contributed by atoms with Gasteiger partial charge in [-0.05, 0) is 48.4 Å². The Morgan fingerprint density at radius 1 is 1.17 bits per heavy atom. The molecule has 2 aromatic rings. The van der Waals surface area contributed by atoms with Crippen LogP contribution < -0.4 is 9.47 Å². The summed E-state index contributed by atoms with van der Waals surface area (Å²) in [6.45, 7) is 2.78. The lowest BCUT2D eigenvalue weighted by Crippen LogP contribution is -2.28. The van der Waals surface area contributed by atoms with E-state index >= 15 is 0 Å². The molecular formula is C21H22ClNO5S. The fraction of sp³-hybridized carbons (Fsp3) is 0.286. The van der Waals surface area contributed by atoms with E-state index in [1.807, 2.05) is 6.92 Å². The highest BCUT2D eigenvalue weighted by Gasteiger charge is 2.18. The van der Waals surface area contributed by atoms with Crippen molar-refractivity contribution in [1.82, 2.24) is 4.90 Å². The predicted octanol–water partition coefficient (Wildman–Crippen LogP) is 3.75.